The maximum absolute atomic E-state index is 13.3. The summed E-state index contributed by atoms with van der Waals surface area (Å²) in [5.74, 6) is 1.09. The Hall–Kier alpha value is -3.85. The van der Waals surface area contributed by atoms with Gasteiger partial charge in [-0.2, -0.15) is 0 Å². The van der Waals surface area contributed by atoms with Gasteiger partial charge in [0.15, 0.2) is 0 Å². The molecule has 0 bridgehead atoms. The molecule has 0 aliphatic heterocycles. The second kappa shape index (κ2) is 9.56. The highest BCUT2D eigenvalue weighted by molar-refractivity contribution is 6.33. The number of nitrogens with zero attached hydrogens (tertiary/aromatic N) is 3. The summed E-state index contributed by atoms with van der Waals surface area (Å²) in [5.41, 5.74) is 2.71. The largest absolute Gasteiger partial charge is 0.373 e. The van der Waals surface area contributed by atoms with Crippen LogP contribution in [-0.2, 0) is 6.54 Å². The predicted molar refractivity (Wildman–Crippen MR) is 135 cm³/mol. The fourth-order valence-electron chi connectivity index (χ4n) is 3.62. The number of aromatic nitrogens is 3. The van der Waals surface area contributed by atoms with Crippen molar-refractivity contribution >= 4 is 45.9 Å². The van der Waals surface area contributed by atoms with Gasteiger partial charge in [-0.25, -0.2) is 9.78 Å². The van der Waals surface area contributed by atoms with E-state index in [1.807, 2.05) is 26.8 Å². The molecule has 4 aromatic rings. The lowest BCUT2D eigenvalue weighted by atomic mass is 10.0. The van der Waals surface area contributed by atoms with Crippen LogP contribution in [0.25, 0.3) is 22.0 Å². The van der Waals surface area contributed by atoms with Gasteiger partial charge in [-0.3, -0.25) is 10.1 Å². The quantitative estimate of drug-likeness (QED) is 0.334. The van der Waals surface area contributed by atoms with Crippen LogP contribution in [0.1, 0.15) is 32.4 Å². The van der Waals surface area contributed by atoms with Crippen LogP contribution in [-0.4, -0.2) is 27.8 Å². The van der Waals surface area contributed by atoms with E-state index in [1.54, 1.807) is 48.1 Å². The van der Waals surface area contributed by atoms with E-state index >= 15 is 0 Å². The minimum absolute atomic E-state index is 0.176. The maximum atomic E-state index is 13.3. The van der Waals surface area contributed by atoms with Crippen molar-refractivity contribution in [2.45, 2.75) is 33.2 Å². The molecule has 9 nitrogen and oxygen atoms in total. The van der Waals surface area contributed by atoms with E-state index in [2.05, 4.69) is 26.1 Å². The fourth-order valence-corrected chi connectivity index (χ4v) is 3.84. The number of urea groups is 1. The average molecular weight is 481 g/mol. The van der Waals surface area contributed by atoms with E-state index in [-0.39, 0.29) is 17.4 Å². The van der Waals surface area contributed by atoms with Crippen LogP contribution < -0.4 is 21.5 Å². The van der Waals surface area contributed by atoms with Gasteiger partial charge in [-0.1, -0.05) is 30.6 Å². The van der Waals surface area contributed by atoms with Crippen molar-refractivity contribution in [1.29, 1.82) is 0 Å². The number of carbonyl (C=O) groups excluding carboxylic acids is 1. The normalized spacial score (nSPS) is 11.1. The van der Waals surface area contributed by atoms with Crippen LogP contribution in [0, 0.1) is 0 Å². The number of aryl methyl sites for hydroxylation is 1. The summed E-state index contributed by atoms with van der Waals surface area (Å²) >= 11 is 6.47. The predicted octanol–water partition coefficient (Wildman–Crippen LogP) is 5.53. The summed E-state index contributed by atoms with van der Waals surface area (Å²) in [4.78, 5) is 30.2. The number of carbonyl (C=O) groups is 1. The SMILES string of the molecule is CCn1c(=O)c(-c2cc(NC(=O)Nc3cc(C(C)C)no3)ccc2Cl)cc2cnc(NC)cc21. The maximum Gasteiger partial charge on any atom is 0.326 e. The number of hydrogen-bond donors (Lipinski definition) is 3. The molecule has 0 aliphatic rings. The Labute approximate surface area is 201 Å². The molecule has 0 radical (unpaired) electrons. The molecule has 3 aromatic heterocycles. The monoisotopic (exact) mass is 480 g/mol. The zero-order valence-electron chi connectivity index (χ0n) is 19.3. The highest BCUT2D eigenvalue weighted by Gasteiger charge is 2.16. The molecule has 0 unspecified atom stereocenters. The number of halogens is 1. The molecular formula is C24H25ClN6O3. The minimum atomic E-state index is -0.506. The Morgan fingerprint density at radius 1 is 1.15 bits per heavy atom. The molecule has 4 rings (SSSR count). The van der Waals surface area contributed by atoms with Crippen LogP contribution in [0.5, 0.6) is 0 Å². The third-order valence-electron chi connectivity index (χ3n) is 5.42. The molecule has 34 heavy (non-hydrogen) atoms. The summed E-state index contributed by atoms with van der Waals surface area (Å²) in [6.07, 6.45) is 1.71. The van der Waals surface area contributed by atoms with Gasteiger partial charge in [0.05, 0.1) is 11.2 Å². The van der Waals surface area contributed by atoms with Gasteiger partial charge in [0.25, 0.3) is 5.56 Å². The second-order valence-electron chi connectivity index (χ2n) is 8.03. The molecule has 0 saturated heterocycles. The number of pyridine rings is 2. The van der Waals surface area contributed by atoms with Crippen molar-refractivity contribution in [2.24, 2.45) is 0 Å². The molecule has 176 valence electrons. The second-order valence-corrected chi connectivity index (χ2v) is 8.44. The number of amides is 2. The average Bonchev–Trinajstić information content (AvgIpc) is 3.28. The Morgan fingerprint density at radius 3 is 2.62 bits per heavy atom. The standard InChI is InChI=1S/C24H25ClN6O3/c1-5-31-20-11-21(26-4)27-12-14(20)8-17(23(31)32)16-9-15(6-7-18(16)25)28-24(33)29-22-10-19(13(2)3)30-34-22/h6-13H,5H2,1-4H3,(H,26,27)(H2,28,29,33). The minimum Gasteiger partial charge on any atom is -0.373 e. The van der Waals surface area contributed by atoms with Crippen molar-refractivity contribution in [3.05, 3.63) is 63.7 Å². The van der Waals surface area contributed by atoms with Crippen LogP contribution in [0.2, 0.25) is 5.02 Å². The van der Waals surface area contributed by atoms with Crippen molar-refractivity contribution in [3.8, 4) is 11.1 Å². The van der Waals surface area contributed by atoms with E-state index in [9.17, 15) is 9.59 Å². The first-order chi connectivity index (χ1) is 16.3. The molecule has 0 spiro atoms. The molecule has 1 aromatic carbocycles. The van der Waals surface area contributed by atoms with E-state index in [1.165, 1.54) is 0 Å². The number of benzene rings is 1. The lowest BCUT2D eigenvalue weighted by molar-refractivity contribution is 0.261. The van der Waals surface area contributed by atoms with E-state index in [0.717, 1.165) is 16.6 Å². The Bertz CT molecular complexity index is 1430. The molecule has 0 aliphatic carbocycles. The fraction of sp³-hybridized carbons (Fsp3) is 0.250. The number of anilines is 3. The van der Waals surface area contributed by atoms with Crippen molar-refractivity contribution in [3.63, 3.8) is 0 Å². The molecule has 3 heterocycles. The zero-order chi connectivity index (χ0) is 24.4. The molecule has 0 saturated carbocycles. The third kappa shape index (κ3) is 4.60. The Balaban J connectivity index is 1.67. The Kier molecular flexibility index (Phi) is 6.56. The molecule has 0 fully saturated rings. The third-order valence-corrected chi connectivity index (χ3v) is 5.75. The number of hydrogen-bond acceptors (Lipinski definition) is 6. The van der Waals surface area contributed by atoms with Crippen LogP contribution in [0.15, 0.2) is 51.9 Å². The van der Waals surface area contributed by atoms with Gasteiger partial charge in [0.2, 0.25) is 5.88 Å². The van der Waals surface area contributed by atoms with Gasteiger partial charge >= 0.3 is 6.03 Å². The topological polar surface area (TPSA) is 114 Å². The van der Waals surface area contributed by atoms with Crippen LogP contribution in [0.4, 0.5) is 22.2 Å². The highest BCUT2D eigenvalue weighted by Crippen LogP contribution is 2.31. The van der Waals surface area contributed by atoms with Crippen molar-refractivity contribution in [2.75, 3.05) is 23.0 Å². The summed E-state index contributed by atoms with van der Waals surface area (Å²) in [6.45, 7) is 6.34. The van der Waals surface area contributed by atoms with Gasteiger partial charge in [-0.05, 0) is 37.1 Å². The first kappa shape index (κ1) is 23.3. The van der Waals surface area contributed by atoms with E-state index in [0.29, 0.717) is 34.2 Å². The highest BCUT2D eigenvalue weighted by atomic mass is 35.5. The molecule has 10 heteroatoms. The summed E-state index contributed by atoms with van der Waals surface area (Å²) in [5, 5.41) is 13.5. The smallest absolute Gasteiger partial charge is 0.326 e. The van der Waals surface area contributed by atoms with Crippen LogP contribution >= 0.6 is 11.6 Å². The number of fused-ring (bicyclic) bond motifs is 1. The Morgan fingerprint density at radius 2 is 1.94 bits per heavy atom. The van der Waals surface area contributed by atoms with Gasteiger partial charge in [0.1, 0.15) is 5.82 Å². The van der Waals surface area contributed by atoms with E-state index in [4.69, 9.17) is 16.1 Å². The molecular weight excluding hydrogens is 456 g/mol. The number of rotatable bonds is 6. The summed E-state index contributed by atoms with van der Waals surface area (Å²) in [6, 6.07) is 9.73. The van der Waals surface area contributed by atoms with E-state index < -0.39 is 6.03 Å². The number of nitrogens with one attached hydrogen (secondary N) is 3. The van der Waals surface area contributed by atoms with Crippen LogP contribution in [0.3, 0.4) is 0 Å². The van der Waals surface area contributed by atoms with Gasteiger partial charge < -0.3 is 19.7 Å². The van der Waals surface area contributed by atoms with Crippen molar-refractivity contribution in [1.82, 2.24) is 14.7 Å². The van der Waals surface area contributed by atoms with Gasteiger partial charge in [0, 0.05) is 59.1 Å². The zero-order valence-corrected chi connectivity index (χ0v) is 20.0. The summed E-state index contributed by atoms with van der Waals surface area (Å²) < 4.78 is 6.82. The molecule has 2 amide bonds. The molecule has 3 N–H and O–H groups in total. The lowest BCUT2D eigenvalue weighted by Crippen LogP contribution is -2.22. The van der Waals surface area contributed by atoms with Gasteiger partial charge in [-0.15, -0.1) is 0 Å². The first-order valence-electron chi connectivity index (χ1n) is 10.9. The lowest BCUT2D eigenvalue weighted by Gasteiger charge is -2.14. The summed E-state index contributed by atoms with van der Waals surface area (Å²) in [7, 11) is 1.77. The first-order valence-corrected chi connectivity index (χ1v) is 11.2. The van der Waals surface area contributed by atoms with Crippen molar-refractivity contribution < 1.29 is 9.32 Å². The molecule has 0 atom stereocenters.